The molecule has 39 heavy (non-hydrogen) atoms. The zero-order valence-electron chi connectivity index (χ0n) is 21.1. The Bertz CT molecular complexity index is 1910. The van der Waals surface area contributed by atoms with E-state index in [-0.39, 0.29) is 29.0 Å². The maximum atomic E-state index is 15.3. The van der Waals surface area contributed by atoms with Gasteiger partial charge >= 0.3 is 5.69 Å². The average Bonchev–Trinajstić information content (AvgIpc) is 2.91. The second-order valence-electron chi connectivity index (χ2n) is 8.75. The molecule has 0 radical (unpaired) electrons. The molecule has 0 spiro atoms. The second kappa shape index (κ2) is 10.5. The van der Waals surface area contributed by atoms with Crippen LogP contribution in [0.15, 0.2) is 81.2 Å². The Morgan fingerprint density at radius 1 is 1.00 bits per heavy atom. The summed E-state index contributed by atoms with van der Waals surface area (Å²) in [7, 11) is 2.95. The van der Waals surface area contributed by atoms with Crippen molar-refractivity contribution in [2.75, 3.05) is 7.11 Å². The van der Waals surface area contributed by atoms with Crippen molar-refractivity contribution >= 4 is 33.6 Å². The minimum atomic E-state index is -0.812. The van der Waals surface area contributed by atoms with Gasteiger partial charge in [-0.2, -0.15) is 0 Å². The van der Waals surface area contributed by atoms with Crippen molar-refractivity contribution in [2.45, 2.75) is 13.5 Å². The van der Waals surface area contributed by atoms with Crippen LogP contribution in [0.5, 0.6) is 17.2 Å². The molecule has 0 aliphatic rings. The molecule has 0 amide bonds. The third-order valence-electron chi connectivity index (χ3n) is 6.29. The molecule has 3 aromatic heterocycles. The van der Waals surface area contributed by atoms with Gasteiger partial charge in [0.05, 0.1) is 25.0 Å². The van der Waals surface area contributed by atoms with Crippen LogP contribution in [0.2, 0.25) is 0 Å². The van der Waals surface area contributed by atoms with Crippen molar-refractivity contribution in [3.05, 3.63) is 119 Å². The summed E-state index contributed by atoms with van der Waals surface area (Å²) >= 11 is 1.96. The Morgan fingerprint density at radius 2 is 1.74 bits per heavy atom. The highest BCUT2D eigenvalue weighted by Gasteiger charge is 2.24. The van der Waals surface area contributed by atoms with Crippen molar-refractivity contribution in [3.63, 3.8) is 0 Å². The maximum Gasteiger partial charge on any atom is 0.337 e. The fraction of sp³-hybridized carbons (Fsp3) is 0.143. The standard InChI is InChI=1S/C28H22FIN4O5/c1-16-22(5-4-12-31-16)39-23-14-24(35)32(2)26-25(23)27(36)33(15-17-6-9-19(38-3)10-7-17)28(37)34(26)21-11-8-18(30)13-20(21)29/h4-14H,15H2,1-3H3. The van der Waals surface area contributed by atoms with Gasteiger partial charge in [0.1, 0.15) is 34.1 Å². The normalized spacial score (nSPS) is 11.1. The number of hydrogen-bond donors (Lipinski definition) is 0. The quantitative estimate of drug-likeness (QED) is 0.259. The molecule has 0 aliphatic carbocycles. The number of methoxy groups -OCH3 is 1. The smallest absolute Gasteiger partial charge is 0.337 e. The first-order valence-corrected chi connectivity index (χ1v) is 12.8. The number of benzene rings is 2. The first-order valence-electron chi connectivity index (χ1n) is 11.8. The van der Waals surface area contributed by atoms with E-state index in [9.17, 15) is 14.4 Å². The number of rotatable bonds is 6. The van der Waals surface area contributed by atoms with Crippen LogP contribution < -0.4 is 26.3 Å². The third-order valence-corrected chi connectivity index (χ3v) is 6.97. The Labute approximate surface area is 234 Å². The van der Waals surface area contributed by atoms with E-state index in [4.69, 9.17) is 9.47 Å². The lowest BCUT2D eigenvalue weighted by Gasteiger charge is -2.19. The van der Waals surface area contributed by atoms with E-state index in [1.54, 1.807) is 55.6 Å². The van der Waals surface area contributed by atoms with Gasteiger partial charge < -0.3 is 9.47 Å². The van der Waals surface area contributed by atoms with E-state index < -0.39 is 22.6 Å². The summed E-state index contributed by atoms with van der Waals surface area (Å²) in [6.45, 7) is 1.61. The van der Waals surface area contributed by atoms with Crippen molar-refractivity contribution in [1.82, 2.24) is 18.7 Å². The molecule has 3 heterocycles. The zero-order valence-corrected chi connectivity index (χ0v) is 23.3. The number of hydrogen-bond acceptors (Lipinski definition) is 6. The highest BCUT2D eigenvalue weighted by atomic mass is 127. The van der Waals surface area contributed by atoms with Gasteiger partial charge in [-0.25, -0.2) is 13.8 Å². The van der Waals surface area contributed by atoms with Crippen LogP contribution in [0.1, 0.15) is 11.3 Å². The van der Waals surface area contributed by atoms with Crippen LogP contribution in [0, 0.1) is 16.3 Å². The van der Waals surface area contributed by atoms with Gasteiger partial charge in [0, 0.05) is 22.9 Å². The molecule has 0 saturated heterocycles. The molecule has 0 saturated carbocycles. The minimum absolute atomic E-state index is 0.0635. The summed E-state index contributed by atoms with van der Waals surface area (Å²) < 4.78 is 30.3. The number of aryl methyl sites for hydroxylation is 2. The minimum Gasteiger partial charge on any atom is -0.497 e. The van der Waals surface area contributed by atoms with E-state index in [1.165, 1.54) is 32.4 Å². The summed E-state index contributed by atoms with van der Waals surface area (Å²) in [5.74, 6) is 0.172. The number of aromatic nitrogens is 4. The summed E-state index contributed by atoms with van der Waals surface area (Å²) in [5, 5.41) is -0.0635. The Balaban J connectivity index is 1.88. The van der Waals surface area contributed by atoms with Gasteiger partial charge in [0.2, 0.25) is 0 Å². The molecular formula is C28H22FIN4O5. The molecule has 9 nitrogen and oxygen atoms in total. The van der Waals surface area contributed by atoms with E-state index in [0.29, 0.717) is 26.3 Å². The predicted molar refractivity (Wildman–Crippen MR) is 153 cm³/mol. The molecule has 198 valence electrons. The van der Waals surface area contributed by atoms with E-state index in [0.717, 1.165) is 13.7 Å². The highest BCUT2D eigenvalue weighted by Crippen LogP contribution is 2.29. The van der Waals surface area contributed by atoms with Crippen molar-refractivity contribution < 1.29 is 13.9 Å². The van der Waals surface area contributed by atoms with E-state index in [1.807, 2.05) is 22.6 Å². The largest absolute Gasteiger partial charge is 0.497 e. The van der Waals surface area contributed by atoms with Crippen molar-refractivity contribution in [1.29, 1.82) is 0 Å². The maximum absolute atomic E-state index is 15.3. The summed E-state index contributed by atoms with van der Waals surface area (Å²) in [6, 6.07) is 15.7. The number of halogens is 2. The van der Waals surface area contributed by atoms with Crippen molar-refractivity contribution in [2.24, 2.45) is 7.05 Å². The van der Waals surface area contributed by atoms with Crippen LogP contribution in [0.4, 0.5) is 4.39 Å². The van der Waals surface area contributed by atoms with Crippen molar-refractivity contribution in [3.8, 4) is 22.9 Å². The van der Waals surface area contributed by atoms with Crippen LogP contribution in [-0.2, 0) is 13.6 Å². The van der Waals surface area contributed by atoms with Crippen LogP contribution in [-0.4, -0.2) is 25.8 Å². The van der Waals surface area contributed by atoms with Gasteiger partial charge in [-0.1, -0.05) is 12.1 Å². The Morgan fingerprint density at radius 3 is 2.41 bits per heavy atom. The number of fused-ring (bicyclic) bond motifs is 1. The van der Waals surface area contributed by atoms with Crippen LogP contribution in [0.3, 0.4) is 0 Å². The lowest BCUT2D eigenvalue weighted by molar-refractivity contribution is 0.414. The average molecular weight is 640 g/mol. The summed E-state index contributed by atoms with van der Waals surface area (Å²) in [4.78, 5) is 45.1. The van der Waals surface area contributed by atoms with Crippen LogP contribution >= 0.6 is 22.6 Å². The molecule has 11 heteroatoms. The van der Waals surface area contributed by atoms with Gasteiger partial charge in [0.25, 0.3) is 11.1 Å². The SMILES string of the molecule is COc1ccc(Cn2c(=O)c3c(Oc4cccnc4C)cc(=O)n(C)c3n(-c3ccc(I)cc3F)c2=O)cc1. The number of ether oxygens (including phenoxy) is 2. The molecule has 2 aromatic carbocycles. The zero-order chi connectivity index (χ0) is 27.8. The molecular weight excluding hydrogens is 618 g/mol. The van der Waals surface area contributed by atoms with Gasteiger partial charge in [-0.15, -0.1) is 0 Å². The lowest BCUT2D eigenvalue weighted by atomic mass is 10.2. The third kappa shape index (κ3) is 4.85. The lowest BCUT2D eigenvalue weighted by Crippen LogP contribution is -2.42. The molecule has 0 aliphatic heterocycles. The molecule has 0 bridgehead atoms. The Kier molecular flexibility index (Phi) is 7.08. The first-order chi connectivity index (χ1) is 18.7. The van der Waals surface area contributed by atoms with E-state index >= 15 is 4.39 Å². The molecule has 0 atom stereocenters. The monoisotopic (exact) mass is 640 g/mol. The van der Waals surface area contributed by atoms with Gasteiger partial charge in [-0.3, -0.25) is 23.7 Å². The summed E-state index contributed by atoms with van der Waals surface area (Å²) in [5.41, 5.74) is -1.10. The predicted octanol–water partition coefficient (Wildman–Crippen LogP) is 4.15. The van der Waals surface area contributed by atoms with E-state index in [2.05, 4.69) is 4.98 Å². The molecule has 0 fully saturated rings. The molecule has 0 N–H and O–H groups in total. The Hall–Kier alpha value is -4.26. The van der Waals surface area contributed by atoms with Crippen LogP contribution in [0.25, 0.3) is 16.7 Å². The number of pyridine rings is 2. The topological polar surface area (TPSA) is 97.3 Å². The number of nitrogens with zero attached hydrogens (tertiary/aromatic N) is 4. The fourth-order valence-electron chi connectivity index (χ4n) is 4.27. The molecule has 5 aromatic rings. The first kappa shape index (κ1) is 26.4. The van der Waals surface area contributed by atoms with Gasteiger partial charge in [0.15, 0.2) is 0 Å². The highest BCUT2D eigenvalue weighted by molar-refractivity contribution is 14.1. The summed E-state index contributed by atoms with van der Waals surface area (Å²) in [6.07, 6.45) is 1.59. The van der Waals surface area contributed by atoms with Gasteiger partial charge in [-0.05, 0) is 77.5 Å². The second-order valence-corrected chi connectivity index (χ2v) is 9.99. The molecule has 0 unspecified atom stereocenters. The fourth-order valence-corrected chi connectivity index (χ4v) is 4.72. The molecule has 5 rings (SSSR count).